The van der Waals surface area contributed by atoms with Crippen molar-refractivity contribution in [2.45, 2.75) is 51.0 Å². The molecule has 0 amide bonds. The summed E-state index contributed by atoms with van der Waals surface area (Å²) in [6.07, 6.45) is 8.37. The van der Waals surface area contributed by atoms with E-state index in [-0.39, 0.29) is 5.41 Å². The van der Waals surface area contributed by atoms with Gasteiger partial charge < -0.3 is 5.32 Å². The minimum atomic E-state index is 0.176. The first-order chi connectivity index (χ1) is 10.3. The van der Waals surface area contributed by atoms with Crippen LogP contribution >= 0.6 is 11.3 Å². The van der Waals surface area contributed by atoms with E-state index in [4.69, 9.17) is 4.98 Å². The molecule has 1 heterocycles. The Balaban J connectivity index is 1.85. The Kier molecular flexibility index (Phi) is 4.71. The summed E-state index contributed by atoms with van der Waals surface area (Å²) in [6, 6.07) is 11.0. The molecule has 1 N–H and O–H groups in total. The molecule has 1 aromatic carbocycles. The van der Waals surface area contributed by atoms with E-state index in [1.807, 2.05) is 11.3 Å². The minimum Gasteiger partial charge on any atom is -0.312 e. The topological polar surface area (TPSA) is 24.9 Å². The Bertz CT molecular complexity index is 556. The molecule has 1 fully saturated rings. The lowest BCUT2D eigenvalue weighted by Crippen LogP contribution is -2.23. The van der Waals surface area contributed by atoms with Crippen LogP contribution in [0.1, 0.15) is 54.5 Å². The normalized spacial score (nSPS) is 17.2. The molecule has 1 saturated carbocycles. The number of nitrogens with one attached hydrogen (secondary N) is 1. The summed E-state index contributed by atoms with van der Waals surface area (Å²) in [4.78, 5) is 6.17. The molecule has 21 heavy (non-hydrogen) atoms. The van der Waals surface area contributed by atoms with Gasteiger partial charge >= 0.3 is 0 Å². The van der Waals surface area contributed by atoms with Crippen LogP contribution in [0.2, 0.25) is 0 Å². The van der Waals surface area contributed by atoms with Crippen LogP contribution < -0.4 is 5.32 Å². The molecule has 112 valence electrons. The van der Waals surface area contributed by atoms with Crippen molar-refractivity contribution in [3.63, 3.8) is 0 Å². The summed E-state index contributed by atoms with van der Waals surface area (Å²) in [6.45, 7) is 4.24. The van der Waals surface area contributed by atoms with Crippen LogP contribution in [0.25, 0.3) is 0 Å². The molecule has 0 bridgehead atoms. The van der Waals surface area contributed by atoms with Crippen molar-refractivity contribution in [3.05, 3.63) is 52.0 Å². The third-order valence-electron chi connectivity index (χ3n) is 4.47. The fourth-order valence-electron chi connectivity index (χ4n) is 3.36. The molecular weight excluding hydrogens is 276 g/mol. The molecule has 2 nitrogen and oxygen atoms in total. The van der Waals surface area contributed by atoms with E-state index >= 15 is 0 Å². The third kappa shape index (κ3) is 3.04. The summed E-state index contributed by atoms with van der Waals surface area (Å²) in [5.41, 5.74) is 1.62. The molecule has 1 aromatic heterocycles. The number of aromatic nitrogens is 1. The van der Waals surface area contributed by atoms with Crippen LogP contribution in [0, 0.1) is 0 Å². The van der Waals surface area contributed by atoms with Crippen molar-refractivity contribution < 1.29 is 0 Å². The fourth-order valence-corrected chi connectivity index (χ4v) is 4.51. The Labute approximate surface area is 131 Å². The molecule has 0 atom stereocenters. The number of thiazole rings is 1. The first-order valence-electron chi connectivity index (χ1n) is 8.06. The van der Waals surface area contributed by atoms with Crippen molar-refractivity contribution in [3.8, 4) is 0 Å². The third-order valence-corrected chi connectivity index (χ3v) is 5.67. The van der Waals surface area contributed by atoms with Gasteiger partial charge in [-0.05, 0) is 31.4 Å². The zero-order valence-corrected chi connectivity index (χ0v) is 13.6. The Morgan fingerprint density at radius 2 is 1.95 bits per heavy atom. The maximum Gasteiger partial charge on any atom is 0.103 e. The quantitative estimate of drug-likeness (QED) is 0.794. The zero-order chi connectivity index (χ0) is 14.5. The SMILES string of the molecule is CCCNCc1cnc(C2(c3ccccc3)CCCC2)s1. The van der Waals surface area contributed by atoms with E-state index in [1.165, 1.54) is 47.6 Å². The summed E-state index contributed by atoms with van der Waals surface area (Å²) in [5.74, 6) is 0. The van der Waals surface area contributed by atoms with Crippen LogP contribution in [-0.2, 0) is 12.0 Å². The lowest BCUT2D eigenvalue weighted by molar-refractivity contribution is 0.532. The van der Waals surface area contributed by atoms with Crippen molar-refractivity contribution in [1.29, 1.82) is 0 Å². The van der Waals surface area contributed by atoms with Crippen molar-refractivity contribution >= 4 is 11.3 Å². The first-order valence-corrected chi connectivity index (χ1v) is 8.88. The molecule has 3 heteroatoms. The van der Waals surface area contributed by atoms with E-state index in [1.54, 1.807) is 0 Å². The van der Waals surface area contributed by atoms with E-state index in [9.17, 15) is 0 Å². The number of hydrogen-bond acceptors (Lipinski definition) is 3. The van der Waals surface area contributed by atoms with E-state index in [2.05, 4.69) is 48.8 Å². The van der Waals surface area contributed by atoms with Gasteiger partial charge in [0.2, 0.25) is 0 Å². The Morgan fingerprint density at radius 1 is 1.19 bits per heavy atom. The standard InChI is InChI=1S/C18H24N2S/c1-2-12-19-13-16-14-20-17(21-16)18(10-6-7-11-18)15-8-4-3-5-9-15/h3-5,8-9,14,19H,2,6-7,10-13H2,1H3. The summed E-state index contributed by atoms with van der Waals surface area (Å²) >= 11 is 1.90. The number of benzene rings is 1. The highest BCUT2D eigenvalue weighted by Gasteiger charge is 2.39. The summed E-state index contributed by atoms with van der Waals surface area (Å²) in [5, 5.41) is 4.80. The molecule has 0 radical (unpaired) electrons. The molecule has 3 rings (SSSR count). The highest BCUT2D eigenvalue weighted by molar-refractivity contribution is 7.11. The molecule has 0 aliphatic heterocycles. The molecular formula is C18H24N2S. The van der Waals surface area contributed by atoms with Crippen LogP contribution in [0.15, 0.2) is 36.5 Å². The van der Waals surface area contributed by atoms with Gasteiger partial charge in [0.25, 0.3) is 0 Å². The van der Waals surface area contributed by atoms with Crippen LogP contribution in [-0.4, -0.2) is 11.5 Å². The number of hydrogen-bond donors (Lipinski definition) is 1. The highest BCUT2D eigenvalue weighted by atomic mass is 32.1. The van der Waals surface area contributed by atoms with Gasteiger partial charge in [0, 0.05) is 23.0 Å². The maximum absolute atomic E-state index is 4.80. The second-order valence-corrected chi connectivity index (χ2v) is 7.08. The van der Waals surface area contributed by atoms with Gasteiger partial charge in [0.15, 0.2) is 0 Å². The first kappa shape index (κ1) is 14.7. The smallest absolute Gasteiger partial charge is 0.103 e. The van der Waals surface area contributed by atoms with Gasteiger partial charge in [-0.3, -0.25) is 0 Å². The summed E-state index contributed by atoms with van der Waals surface area (Å²) in [7, 11) is 0. The molecule has 0 unspecified atom stereocenters. The Hall–Kier alpha value is -1.19. The summed E-state index contributed by atoms with van der Waals surface area (Å²) < 4.78 is 0. The average Bonchev–Trinajstić information content (AvgIpc) is 3.18. The van der Waals surface area contributed by atoms with Gasteiger partial charge in [-0.15, -0.1) is 11.3 Å². The van der Waals surface area contributed by atoms with E-state index < -0.39 is 0 Å². The van der Waals surface area contributed by atoms with Gasteiger partial charge in [-0.25, -0.2) is 4.98 Å². The van der Waals surface area contributed by atoms with Gasteiger partial charge in [0.05, 0.1) is 0 Å². The highest BCUT2D eigenvalue weighted by Crippen LogP contribution is 2.47. The lowest BCUT2D eigenvalue weighted by atomic mass is 9.79. The van der Waals surface area contributed by atoms with Crippen LogP contribution in [0.5, 0.6) is 0 Å². The van der Waals surface area contributed by atoms with Gasteiger partial charge in [-0.2, -0.15) is 0 Å². The van der Waals surface area contributed by atoms with E-state index in [0.717, 1.165) is 13.1 Å². The van der Waals surface area contributed by atoms with Crippen LogP contribution in [0.3, 0.4) is 0 Å². The number of rotatable bonds is 6. The maximum atomic E-state index is 4.80. The average molecular weight is 300 g/mol. The molecule has 0 saturated heterocycles. The number of nitrogens with zero attached hydrogens (tertiary/aromatic N) is 1. The largest absolute Gasteiger partial charge is 0.312 e. The Morgan fingerprint density at radius 3 is 2.67 bits per heavy atom. The van der Waals surface area contributed by atoms with Crippen molar-refractivity contribution in [2.24, 2.45) is 0 Å². The zero-order valence-electron chi connectivity index (χ0n) is 12.8. The molecule has 1 aliphatic rings. The van der Waals surface area contributed by atoms with Gasteiger partial charge in [-0.1, -0.05) is 50.1 Å². The molecule has 1 aliphatic carbocycles. The predicted molar refractivity (Wildman–Crippen MR) is 89.8 cm³/mol. The lowest BCUT2D eigenvalue weighted by Gasteiger charge is -2.27. The monoisotopic (exact) mass is 300 g/mol. The van der Waals surface area contributed by atoms with Crippen molar-refractivity contribution in [1.82, 2.24) is 10.3 Å². The fraction of sp³-hybridized carbons (Fsp3) is 0.500. The second-order valence-electron chi connectivity index (χ2n) is 5.96. The van der Waals surface area contributed by atoms with Gasteiger partial charge in [0.1, 0.15) is 5.01 Å². The van der Waals surface area contributed by atoms with Crippen molar-refractivity contribution in [2.75, 3.05) is 6.54 Å². The molecule has 2 aromatic rings. The van der Waals surface area contributed by atoms with E-state index in [0.29, 0.717) is 0 Å². The minimum absolute atomic E-state index is 0.176. The molecule has 0 spiro atoms. The van der Waals surface area contributed by atoms with Crippen LogP contribution in [0.4, 0.5) is 0 Å². The second kappa shape index (κ2) is 6.71. The predicted octanol–water partition coefficient (Wildman–Crippen LogP) is 4.50.